The van der Waals surface area contributed by atoms with Crippen LogP contribution in [0.25, 0.3) is 0 Å². The highest BCUT2D eigenvalue weighted by Gasteiger charge is 2.08. The maximum atomic E-state index is 5.16. The molecule has 3 nitrogen and oxygen atoms in total. The molecule has 0 saturated carbocycles. The van der Waals surface area contributed by atoms with E-state index in [2.05, 4.69) is 28.4 Å². The van der Waals surface area contributed by atoms with Gasteiger partial charge in [0.25, 0.3) is 0 Å². The van der Waals surface area contributed by atoms with Gasteiger partial charge in [-0.2, -0.15) is 5.10 Å². The first-order valence-corrected chi connectivity index (χ1v) is 6.15. The quantitative estimate of drug-likeness (QED) is 0.570. The highest BCUT2D eigenvalue weighted by Crippen LogP contribution is 2.13. The van der Waals surface area contributed by atoms with Crippen LogP contribution in [0.1, 0.15) is 24.2 Å². The van der Waals surface area contributed by atoms with Crippen LogP contribution in [0.3, 0.4) is 0 Å². The lowest BCUT2D eigenvalue weighted by molar-refractivity contribution is 0.599. The van der Waals surface area contributed by atoms with Crippen LogP contribution >= 0.6 is 11.8 Å². The molecule has 0 aliphatic heterocycles. The minimum atomic E-state index is 0.343. The molecule has 0 saturated heterocycles. The summed E-state index contributed by atoms with van der Waals surface area (Å²) in [5.41, 5.74) is 2.36. The highest BCUT2D eigenvalue weighted by atomic mass is 32.2. The maximum Gasteiger partial charge on any atom is 0.0545 e. The molecule has 0 aromatic carbocycles. The molecule has 0 spiro atoms. The Morgan fingerprint density at radius 3 is 3.13 bits per heavy atom. The maximum absolute atomic E-state index is 5.16. The minimum Gasteiger partial charge on any atom is -0.309 e. The molecule has 2 N–H and O–H groups in total. The lowest BCUT2D eigenvalue weighted by atomic mass is 10.1. The third kappa shape index (κ3) is 3.98. The second kappa shape index (κ2) is 6.54. The Morgan fingerprint density at radius 2 is 2.53 bits per heavy atom. The highest BCUT2D eigenvalue weighted by molar-refractivity contribution is 7.99. The summed E-state index contributed by atoms with van der Waals surface area (Å²) in [5, 5.41) is 10.4. The van der Waals surface area contributed by atoms with Crippen molar-refractivity contribution in [2.75, 3.05) is 18.1 Å². The molecule has 0 bridgehead atoms. The van der Waals surface area contributed by atoms with Crippen molar-refractivity contribution in [1.82, 2.24) is 15.5 Å². The van der Waals surface area contributed by atoms with Crippen LogP contribution < -0.4 is 5.32 Å². The van der Waals surface area contributed by atoms with Gasteiger partial charge in [0.05, 0.1) is 11.9 Å². The predicted molar refractivity (Wildman–Crippen MR) is 65.9 cm³/mol. The second-order valence-corrected chi connectivity index (χ2v) is 4.49. The van der Waals surface area contributed by atoms with Crippen LogP contribution in [0, 0.1) is 19.3 Å². The lowest BCUT2D eigenvalue weighted by Crippen LogP contribution is -2.21. The Labute approximate surface area is 95.4 Å². The fourth-order valence-electron chi connectivity index (χ4n) is 1.39. The van der Waals surface area contributed by atoms with Gasteiger partial charge in [-0.3, -0.25) is 5.10 Å². The van der Waals surface area contributed by atoms with Crippen LogP contribution in [0.15, 0.2) is 6.20 Å². The topological polar surface area (TPSA) is 40.7 Å². The molecule has 82 valence electrons. The van der Waals surface area contributed by atoms with Gasteiger partial charge in [-0.05, 0) is 13.8 Å². The fourth-order valence-corrected chi connectivity index (χ4v) is 1.91. The number of thioether (sulfide) groups is 1. The van der Waals surface area contributed by atoms with E-state index in [4.69, 9.17) is 6.42 Å². The van der Waals surface area contributed by atoms with Crippen LogP contribution in [-0.2, 0) is 0 Å². The molecular weight excluding hydrogens is 206 g/mol. The fraction of sp³-hybridized carbons (Fsp3) is 0.545. The number of H-pyrrole nitrogens is 1. The van der Waals surface area contributed by atoms with Gasteiger partial charge in [-0.15, -0.1) is 18.2 Å². The number of terminal acetylenes is 1. The Hall–Kier alpha value is -0.920. The van der Waals surface area contributed by atoms with Crippen LogP contribution in [0.4, 0.5) is 0 Å². The zero-order valence-electron chi connectivity index (χ0n) is 9.21. The predicted octanol–water partition coefficient (Wildman–Crippen LogP) is 1.74. The number of aromatic amines is 1. The Bertz CT molecular complexity index is 327. The summed E-state index contributed by atoms with van der Waals surface area (Å²) in [6, 6.07) is 0.343. The molecule has 0 amide bonds. The van der Waals surface area contributed by atoms with Crippen molar-refractivity contribution in [3.05, 3.63) is 17.5 Å². The van der Waals surface area contributed by atoms with E-state index in [9.17, 15) is 0 Å². The molecule has 15 heavy (non-hydrogen) atoms. The first-order valence-electron chi connectivity index (χ1n) is 5.00. The monoisotopic (exact) mass is 223 g/mol. The molecule has 1 aromatic rings. The van der Waals surface area contributed by atoms with E-state index in [1.165, 1.54) is 5.56 Å². The van der Waals surface area contributed by atoms with Gasteiger partial charge in [-0.1, -0.05) is 5.92 Å². The van der Waals surface area contributed by atoms with Crippen molar-refractivity contribution >= 4 is 11.8 Å². The smallest absolute Gasteiger partial charge is 0.0545 e. The lowest BCUT2D eigenvalue weighted by Gasteiger charge is -2.12. The average Bonchev–Trinajstić information content (AvgIpc) is 2.64. The first-order chi connectivity index (χ1) is 7.25. The van der Waals surface area contributed by atoms with E-state index in [1.807, 2.05) is 13.1 Å². The van der Waals surface area contributed by atoms with E-state index in [0.29, 0.717) is 6.04 Å². The standard InChI is InChI=1S/C11H17N3S/c1-4-6-15-7-5-12-9(2)11-8-13-14-10(11)3/h1,8-9,12H,5-7H2,2-3H3,(H,13,14). The molecule has 1 rings (SSSR count). The summed E-state index contributed by atoms with van der Waals surface area (Å²) in [4.78, 5) is 0. The van der Waals surface area contributed by atoms with Crippen molar-refractivity contribution in [3.8, 4) is 12.3 Å². The SMILES string of the molecule is C#CCSCCNC(C)c1cn[nH]c1C. The summed E-state index contributed by atoms with van der Waals surface area (Å²) >= 11 is 1.77. The largest absolute Gasteiger partial charge is 0.309 e. The Kier molecular flexibility index (Phi) is 5.30. The van der Waals surface area contributed by atoms with E-state index in [-0.39, 0.29) is 0 Å². The molecule has 0 radical (unpaired) electrons. The average molecular weight is 223 g/mol. The molecular formula is C11H17N3S. The summed E-state index contributed by atoms with van der Waals surface area (Å²) in [6.07, 6.45) is 7.04. The van der Waals surface area contributed by atoms with Gasteiger partial charge >= 0.3 is 0 Å². The third-order valence-corrected chi connectivity index (χ3v) is 3.08. The molecule has 0 fully saturated rings. The second-order valence-electron chi connectivity index (χ2n) is 3.38. The van der Waals surface area contributed by atoms with E-state index in [0.717, 1.165) is 23.7 Å². The zero-order valence-corrected chi connectivity index (χ0v) is 10.0. The molecule has 1 atom stereocenters. The summed E-state index contributed by atoms with van der Waals surface area (Å²) in [7, 11) is 0. The molecule has 1 aromatic heterocycles. The minimum absolute atomic E-state index is 0.343. The Balaban J connectivity index is 2.23. The Morgan fingerprint density at radius 1 is 1.73 bits per heavy atom. The van der Waals surface area contributed by atoms with Gasteiger partial charge in [0.2, 0.25) is 0 Å². The van der Waals surface area contributed by atoms with E-state index in [1.54, 1.807) is 11.8 Å². The number of nitrogens with zero attached hydrogens (tertiary/aromatic N) is 1. The van der Waals surface area contributed by atoms with Crippen LogP contribution in [0.5, 0.6) is 0 Å². The molecule has 1 heterocycles. The number of aromatic nitrogens is 2. The first kappa shape index (κ1) is 12.2. The van der Waals surface area contributed by atoms with Gasteiger partial charge < -0.3 is 5.32 Å². The van der Waals surface area contributed by atoms with Crippen LogP contribution in [0.2, 0.25) is 0 Å². The zero-order chi connectivity index (χ0) is 11.1. The van der Waals surface area contributed by atoms with Crippen LogP contribution in [-0.4, -0.2) is 28.2 Å². The van der Waals surface area contributed by atoms with E-state index < -0.39 is 0 Å². The van der Waals surface area contributed by atoms with Gasteiger partial charge in [-0.25, -0.2) is 0 Å². The number of nitrogens with one attached hydrogen (secondary N) is 2. The molecule has 4 heteroatoms. The number of rotatable bonds is 6. The van der Waals surface area contributed by atoms with Crippen molar-refractivity contribution in [2.24, 2.45) is 0 Å². The normalized spacial score (nSPS) is 12.3. The number of aryl methyl sites for hydroxylation is 1. The molecule has 1 unspecified atom stereocenters. The summed E-state index contributed by atoms with van der Waals surface area (Å²) in [6.45, 7) is 5.15. The summed E-state index contributed by atoms with van der Waals surface area (Å²) in [5.74, 6) is 4.45. The van der Waals surface area contributed by atoms with Gasteiger partial charge in [0.1, 0.15) is 0 Å². The third-order valence-electron chi connectivity index (χ3n) is 2.22. The molecule has 0 aliphatic carbocycles. The van der Waals surface area contributed by atoms with E-state index >= 15 is 0 Å². The van der Waals surface area contributed by atoms with Crippen molar-refractivity contribution in [2.45, 2.75) is 19.9 Å². The van der Waals surface area contributed by atoms with Crippen molar-refractivity contribution < 1.29 is 0 Å². The molecule has 0 aliphatic rings. The van der Waals surface area contributed by atoms with Crippen molar-refractivity contribution in [3.63, 3.8) is 0 Å². The number of hydrogen-bond acceptors (Lipinski definition) is 3. The van der Waals surface area contributed by atoms with Gasteiger partial charge in [0, 0.05) is 29.6 Å². The van der Waals surface area contributed by atoms with Crippen molar-refractivity contribution in [1.29, 1.82) is 0 Å². The number of hydrogen-bond donors (Lipinski definition) is 2. The van der Waals surface area contributed by atoms with Gasteiger partial charge in [0.15, 0.2) is 0 Å². The summed E-state index contributed by atoms with van der Waals surface area (Å²) < 4.78 is 0.